The average molecular weight is 367 g/mol. The Morgan fingerprint density at radius 3 is 2.31 bits per heavy atom. The van der Waals surface area contributed by atoms with Gasteiger partial charge in [-0.15, -0.1) is 0 Å². The van der Waals surface area contributed by atoms with Crippen LogP contribution >= 0.6 is 0 Å². The first kappa shape index (κ1) is 20.1. The van der Waals surface area contributed by atoms with Crippen molar-refractivity contribution in [3.05, 3.63) is 64.5 Å². The molecule has 0 spiro atoms. The van der Waals surface area contributed by atoms with Crippen LogP contribution in [0.4, 0.5) is 23.2 Å². The maximum absolute atomic E-state index is 13.1. The van der Waals surface area contributed by atoms with Gasteiger partial charge in [0, 0.05) is 11.3 Å². The van der Waals surface area contributed by atoms with Crippen LogP contribution in [0.2, 0.25) is 0 Å². The molecule has 0 N–H and O–H groups in total. The first-order valence-corrected chi connectivity index (χ1v) is 8.27. The van der Waals surface area contributed by atoms with E-state index in [1.54, 1.807) is 19.1 Å². The molecule has 0 unspecified atom stereocenters. The summed E-state index contributed by atoms with van der Waals surface area (Å²) in [4.78, 5) is 4.46. The highest BCUT2D eigenvalue weighted by Gasteiger charge is 2.31. The maximum atomic E-state index is 13.1. The predicted molar refractivity (Wildman–Crippen MR) is 94.1 cm³/mol. The van der Waals surface area contributed by atoms with Gasteiger partial charge in [0.05, 0.1) is 24.5 Å². The van der Waals surface area contributed by atoms with Crippen LogP contribution in [0.3, 0.4) is 0 Å². The summed E-state index contributed by atoms with van der Waals surface area (Å²) >= 11 is 0. The minimum absolute atomic E-state index is 0.0159. The van der Waals surface area contributed by atoms with Crippen molar-refractivity contribution in [2.24, 2.45) is 4.99 Å². The van der Waals surface area contributed by atoms with Crippen molar-refractivity contribution in [1.29, 1.82) is 0 Å². The Morgan fingerprint density at radius 1 is 1.08 bits per heavy atom. The van der Waals surface area contributed by atoms with Gasteiger partial charge in [-0.1, -0.05) is 19.1 Å². The molecule has 2 aromatic carbocycles. The molecule has 140 valence electrons. The minimum atomic E-state index is -4.43. The number of benzene rings is 2. The first-order chi connectivity index (χ1) is 12.2. The number of aliphatic imine (C=N–C) groups is 1. The second kappa shape index (κ2) is 8.45. The molecule has 26 heavy (non-hydrogen) atoms. The van der Waals surface area contributed by atoms with Gasteiger partial charge in [-0.05, 0) is 55.7 Å². The molecule has 0 aromatic heterocycles. The number of hydrogen-bond donors (Lipinski definition) is 0. The summed E-state index contributed by atoms with van der Waals surface area (Å²) < 4.78 is 57.8. The van der Waals surface area contributed by atoms with Gasteiger partial charge in [0.2, 0.25) is 0 Å². The zero-order valence-electron chi connectivity index (χ0n) is 15.0. The number of ether oxygens (including phenoxy) is 1. The average Bonchev–Trinajstić information content (AvgIpc) is 2.58. The Balaban J connectivity index is 2.27. The van der Waals surface area contributed by atoms with Gasteiger partial charge >= 0.3 is 6.18 Å². The highest BCUT2D eigenvalue weighted by molar-refractivity contribution is 5.85. The molecule has 0 aliphatic heterocycles. The van der Waals surface area contributed by atoms with Gasteiger partial charge < -0.3 is 4.74 Å². The SMILES string of the molecule is CCC(C)=Nc1c(C)cc(C(F)(F)F)cc1COCc1ccc(F)cc1. The van der Waals surface area contributed by atoms with Crippen molar-refractivity contribution in [3.63, 3.8) is 0 Å². The highest BCUT2D eigenvalue weighted by Crippen LogP contribution is 2.35. The summed E-state index contributed by atoms with van der Waals surface area (Å²) in [6.07, 6.45) is -3.73. The van der Waals surface area contributed by atoms with E-state index in [1.807, 2.05) is 13.8 Å². The van der Waals surface area contributed by atoms with Crippen molar-refractivity contribution >= 4 is 11.4 Å². The van der Waals surface area contributed by atoms with E-state index >= 15 is 0 Å². The van der Waals surface area contributed by atoms with Crippen LogP contribution in [0.1, 0.15) is 42.5 Å². The minimum Gasteiger partial charge on any atom is -0.372 e. The molecule has 6 heteroatoms. The van der Waals surface area contributed by atoms with Gasteiger partial charge in [0.15, 0.2) is 0 Å². The fraction of sp³-hybridized carbons (Fsp3) is 0.350. The summed E-state index contributed by atoms with van der Waals surface area (Å²) in [6, 6.07) is 7.96. The maximum Gasteiger partial charge on any atom is 0.416 e. The lowest BCUT2D eigenvalue weighted by Crippen LogP contribution is -2.07. The van der Waals surface area contributed by atoms with Crippen LogP contribution in [0.5, 0.6) is 0 Å². The Morgan fingerprint density at radius 2 is 1.73 bits per heavy atom. The van der Waals surface area contributed by atoms with Gasteiger partial charge in [0.1, 0.15) is 5.82 Å². The molecule has 0 heterocycles. The number of rotatable bonds is 6. The molecule has 0 bridgehead atoms. The second-order valence-electron chi connectivity index (χ2n) is 6.12. The summed E-state index contributed by atoms with van der Waals surface area (Å²) in [6.45, 7) is 5.53. The molecule has 0 aliphatic carbocycles. The van der Waals surface area contributed by atoms with E-state index in [4.69, 9.17) is 4.74 Å². The number of halogens is 4. The largest absolute Gasteiger partial charge is 0.416 e. The molecule has 0 atom stereocenters. The Kier molecular flexibility index (Phi) is 6.53. The third kappa shape index (κ3) is 5.39. The van der Waals surface area contributed by atoms with Crippen molar-refractivity contribution in [2.75, 3.05) is 0 Å². The van der Waals surface area contributed by atoms with Crippen molar-refractivity contribution in [3.8, 4) is 0 Å². The molecule has 0 radical (unpaired) electrons. The van der Waals surface area contributed by atoms with Crippen molar-refractivity contribution in [2.45, 2.75) is 46.6 Å². The number of alkyl halides is 3. The van der Waals surface area contributed by atoms with Crippen LogP contribution < -0.4 is 0 Å². The van der Waals surface area contributed by atoms with E-state index in [0.717, 1.165) is 23.4 Å². The summed E-state index contributed by atoms with van der Waals surface area (Å²) in [5, 5.41) is 0. The molecule has 0 aliphatic rings. The Labute approximate surface area is 150 Å². The smallest absolute Gasteiger partial charge is 0.372 e. The van der Waals surface area contributed by atoms with Gasteiger partial charge in [-0.2, -0.15) is 13.2 Å². The molecule has 0 amide bonds. The van der Waals surface area contributed by atoms with Crippen LogP contribution in [-0.4, -0.2) is 5.71 Å². The van der Waals surface area contributed by atoms with Gasteiger partial charge in [-0.3, -0.25) is 4.99 Å². The quantitative estimate of drug-likeness (QED) is 0.429. The lowest BCUT2D eigenvalue weighted by molar-refractivity contribution is -0.137. The number of hydrogen-bond acceptors (Lipinski definition) is 2. The van der Waals surface area contributed by atoms with Crippen LogP contribution in [0.15, 0.2) is 41.4 Å². The molecular formula is C20H21F4NO. The summed E-state index contributed by atoms with van der Waals surface area (Å²) in [5.41, 5.74) is 2.19. The van der Waals surface area contributed by atoms with Crippen molar-refractivity contribution in [1.82, 2.24) is 0 Å². The van der Waals surface area contributed by atoms with Crippen LogP contribution in [-0.2, 0) is 24.1 Å². The van der Waals surface area contributed by atoms with Gasteiger partial charge in [-0.25, -0.2) is 4.39 Å². The fourth-order valence-electron chi connectivity index (χ4n) is 2.42. The van der Waals surface area contributed by atoms with E-state index in [9.17, 15) is 17.6 Å². The molecular weight excluding hydrogens is 346 g/mol. The van der Waals surface area contributed by atoms with Crippen molar-refractivity contribution < 1.29 is 22.3 Å². The molecule has 0 saturated carbocycles. The van der Waals surface area contributed by atoms with E-state index in [-0.39, 0.29) is 19.0 Å². The summed E-state index contributed by atoms with van der Waals surface area (Å²) in [7, 11) is 0. The Hall–Kier alpha value is -2.21. The highest BCUT2D eigenvalue weighted by atomic mass is 19.4. The van der Waals surface area contributed by atoms with Crippen LogP contribution in [0, 0.1) is 12.7 Å². The summed E-state index contributed by atoms with van der Waals surface area (Å²) in [5.74, 6) is -0.353. The van der Waals surface area contributed by atoms with E-state index in [2.05, 4.69) is 4.99 Å². The molecule has 2 aromatic rings. The number of aryl methyl sites for hydroxylation is 1. The number of nitrogens with zero attached hydrogens (tertiary/aromatic N) is 1. The van der Waals surface area contributed by atoms with E-state index in [0.29, 0.717) is 23.2 Å². The first-order valence-electron chi connectivity index (χ1n) is 8.27. The third-order valence-corrected chi connectivity index (χ3v) is 3.96. The molecule has 0 saturated heterocycles. The normalized spacial score (nSPS) is 12.5. The fourth-order valence-corrected chi connectivity index (χ4v) is 2.42. The molecule has 2 nitrogen and oxygen atoms in total. The standard InChI is InChI=1S/C20H21F4NO/c1-4-14(3)25-19-13(2)9-17(20(22,23)24)10-16(19)12-26-11-15-5-7-18(21)8-6-15/h5-10H,4,11-12H2,1-3H3. The lowest BCUT2D eigenvalue weighted by atomic mass is 10.0. The monoisotopic (exact) mass is 367 g/mol. The lowest BCUT2D eigenvalue weighted by Gasteiger charge is -2.15. The third-order valence-electron chi connectivity index (χ3n) is 3.96. The predicted octanol–water partition coefficient (Wildman–Crippen LogP) is 6.37. The molecule has 0 fully saturated rings. The topological polar surface area (TPSA) is 21.6 Å². The molecule has 2 rings (SSSR count). The second-order valence-corrected chi connectivity index (χ2v) is 6.12. The van der Waals surface area contributed by atoms with E-state index in [1.165, 1.54) is 12.1 Å². The Bertz CT molecular complexity index is 780. The van der Waals surface area contributed by atoms with E-state index < -0.39 is 11.7 Å². The van der Waals surface area contributed by atoms with Gasteiger partial charge in [0.25, 0.3) is 0 Å². The zero-order valence-corrected chi connectivity index (χ0v) is 15.0. The zero-order chi connectivity index (χ0) is 19.3. The van der Waals surface area contributed by atoms with Crippen LogP contribution in [0.25, 0.3) is 0 Å².